The summed E-state index contributed by atoms with van der Waals surface area (Å²) < 4.78 is 49.3. The van der Waals surface area contributed by atoms with Gasteiger partial charge in [0, 0.05) is 17.8 Å². The molecule has 21 heavy (non-hydrogen) atoms. The van der Waals surface area contributed by atoms with E-state index in [1.165, 1.54) is 12.1 Å². The largest absolute Gasteiger partial charge is 0.454 e. The molecule has 110 valence electrons. The van der Waals surface area contributed by atoms with E-state index in [9.17, 15) is 13.2 Å². The first-order valence-corrected chi connectivity index (χ1v) is 6.33. The van der Waals surface area contributed by atoms with Crippen LogP contribution in [-0.2, 0) is 12.7 Å². The number of nitrogens with one attached hydrogen (secondary N) is 1. The fourth-order valence-corrected chi connectivity index (χ4v) is 2.20. The standard InChI is InChI=1S/C15H12F3NO2/c16-15(17,18)11-5-1-2-6-12(11)19-8-10-4-3-7-13-14(10)21-9-20-13/h1-7,19H,8-9H2. The van der Waals surface area contributed by atoms with Gasteiger partial charge in [0.1, 0.15) is 0 Å². The summed E-state index contributed by atoms with van der Waals surface area (Å²) in [5.74, 6) is 1.19. The molecule has 0 aliphatic carbocycles. The normalized spacial score (nSPS) is 13.3. The monoisotopic (exact) mass is 295 g/mol. The Bertz CT molecular complexity index is 656. The zero-order valence-corrected chi connectivity index (χ0v) is 10.9. The van der Waals surface area contributed by atoms with Crippen molar-refractivity contribution in [1.29, 1.82) is 0 Å². The molecule has 0 aromatic heterocycles. The van der Waals surface area contributed by atoms with Gasteiger partial charge in [0.15, 0.2) is 11.5 Å². The Balaban J connectivity index is 1.82. The first-order valence-electron chi connectivity index (χ1n) is 6.33. The Kier molecular flexibility index (Phi) is 3.37. The maximum absolute atomic E-state index is 12.9. The van der Waals surface area contributed by atoms with Crippen LogP contribution in [-0.4, -0.2) is 6.79 Å². The highest BCUT2D eigenvalue weighted by molar-refractivity contribution is 5.55. The van der Waals surface area contributed by atoms with Crippen molar-refractivity contribution >= 4 is 5.69 Å². The second-order valence-corrected chi connectivity index (χ2v) is 4.55. The fourth-order valence-electron chi connectivity index (χ4n) is 2.20. The Morgan fingerprint density at radius 2 is 1.81 bits per heavy atom. The smallest absolute Gasteiger partial charge is 0.418 e. The Labute approximate surface area is 119 Å². The second-order valence-electron chi connectivity index (χ2n) is 4.55. The summed E-state index contributed by atoms with van der Waals surface area (Å²) in [6.07, 6.45) is -4.39. The fraction of sp³-hybridized carbons (Fsp3) is 0.200. The summed E-state index contributed by atoms with van der Waals surface area (Å²) in [4.78, 5) is 0. The first-order chi connectivity index (χ1) is 10.1. The van der Waals surface area contributed by atoms with Crippen LogP contribution in [0.4, 0.5) is 18.9 Å². The zero-order valence-electron chi connectivity index (χ0n) is 10.9. The lowest BCUT2D eigenvalue weighted by Crippen LogP contribution is -2.10. The molecule has 1 aliphatic rings. The number of hydrogen-bond donors (Lipinski definition) is 1. The molecule has 2 aromatic rings. The Morgan fingerprint density at radius 3 is 2.62 bits per heavy atom. The molecule has 0 fully saturated rings. The van der Waals surface area contributed by atoms with Crippen LogP contribution in [0.5, 0.6) is 11.5 Å². The minimum Gasteiger partial charge on any atom is -0.454 e. The molecule has 1 heterocycles. The van der Waals surface area contributed by atoms with Crippen LogP contribution >= 0.6 is 0 Å². The van der Waals surface area contributed by atoms with E-state index in [2.05, 4.69) is 5.32 Å². The van der Waals surface area contributed by atoms with Gasteiger partial charge in [-0.25, -0.2) is 0 Å². The van der Waals surface area contributed by atoms with E-state index in [0.29, 0.717) is 11.5 Å². The third-order valence-corrected chi connectivity index (χ3v) is 3.18. The van der Waals surface area contributed by atoms with Crippen molar-refractivity contribution in [2.24, 2.45) is 0 Å². The maximum atomic E-state index is 12.9. The summed E-state index contributed by atoms with van der Waals surface area (Å²) in [5.41, 5.74) is 0.109. The van der Waals surface area contributed by atoms with E-state index < -0.39 is 11.7 Å². The Hall–Kier alpha value is -2.37. The van der Waals surface area contributed by atoms with Gasteiger partial charge >= 0.3 is 6.18 Å². The third-order valence-electron chi connectivity index (χ3n) is 3.18. The van der Waals surface area contributed by atoms with Crippen molar-refractivity contribution in [3.05, 3.63) is 53.6 Å². The van der Waals surface area contributed by atoms with Crippen LogP contribution < -0.4 is 14.8 Å². The van der Waals surface area contributed by atoms with E-state index in [-0.39, 0.29) is 19.0 Å². The van der Waals surface area contributed by atoms with Crippen LogP contribution in [0.25, 0.3) is 0 Å². The molecule has 3 nitrogen and oxygen atoms in total. The van der Waals surface area contributed by atoms with Gasteiger partial charge < -0.3 is 14.8 Å². The lowest BCUT2D eigenvalue weighted by atomic mass is 10.1. The summed E-state index contributed by atoms with van der Waals surface area (Å²) in [6, 6.07) is 10.7. The highest BCUT2D eigenvalue weighted by atomic mass is 19.4. The van der Waals surface area contributed by atoms with Crippen molar-refractivity contribution < 1.29 is 22.6 Å². The van der Waals surface area contributed by atoms with Gasteiger partial charge in [-0.3, -0.25) is 0 Å². The maximum Gasteiger partial charge on any atom is 0.418 e. The van der Waals surface area contributed by atoms with Crippen molar-refractivity contribution in [2.75, 3.05) is 12.1 Å². The van der Waals surface area contributed by atoms with Crippen LogP contribution in [0.3, 0.4) is 0 Å². The summed E-state index contributed by atoms with van der Waals surface area (Å²) in [7, 11) is 0. The van der Waals surface area contributed by atoms with Gasteiger partial charge in [-0.05, 0) is 18.2 Å². The lowest BCUT2D eigenvalue weighted by Gasteiger charge is -2.15. The van der Waals surface area contributed by atoms with Crippen LogP contribution in [0, 0.1) is 0 Å². The summed E-state index contributed by atoms with van der Waals surface area (Å²) in [6.45, 7) is 0.352. The van der Waals surface area contributed by atoms with Gasteiger partial charge in [-0.1, -0.05) is 24.3 Å². The molecule has 0 radical (unpaired) electrons. The molecule has 1 N–H and O–H groups in total. The molecular weight excluding hydrogens is 283 g/mol. The highest BCUT2D eigenvalue weighted by Gasteiger charge is 2.33. The molecule has 0 saturated carbocycles. The van der Waals surface area contributed by atoms with Gasteiger partial charge in [0.2, 0.25) is 6.79 Å². The molecule has 0 saturated heterocycles. The van der Waals surface area contributed by atoms with Crippen molar-refractivity contribution in [3.63, 3.8) is 0 Å². The van der Waals surface area contributed by atoms with Crippen LogP contribution in [0.1, 0.15) is 11.1 Å². The zero-order chi connectivity index (χ0) is 14.9. The first kappa shape index (κ1) is 13.6. The van der Waals surface area contributed by atoms with Gasteiger partial charge in [-0.2, -0.15) is 13.2 Å². The second kappa shape index (κ2) is 5.20. The number of hydrogen-bond acceptors (Lipinski definition) is 3. The number of halogens is 3. The number of fused-ring (bicyclic) bond motifs is 1. The van der Waals surface area contributed by atoms with Crippen molar-refractivity contribution in [3.8, 4) is 11.5 Å². The number of rotatable bonds is 3. The SMILES string of the molecule is FC(F)(F)c1ccccc1NCc1cccc2c1OCO2. The molecule has 0 atom stereocenters. The van der Waals surface area contributed by atoms with E-state index in [4.69, 9.17) is 9.47 Å². The lowest BCUT2D eigenvalue weighted by molar-refractivity contribution is -0.136. The topological polar surface area (TPSA) is 30.5 Å². The summed E-state index contributed by atoms with van der Waals surface area (Å²) >= 11 is 0. The number of benzene rings is 2. The molecule has 1 aliphatic heterocycles. The van der Waals surface area contributed by atoms with Gasteiger partial charge in [-0.15, -0.1) is 0 Å². The molecule has 2 aromatic carbocycles. The Morgan fingerprint density at radius 1 is 1.00 bits per heavy atom. The van der Waals surface area contributed by atoms with E-state index >= 15 is 0 Å². The summed E-state index contributed by atoms with van der Waals surface area (Å²) in [5, 5.41) is 2.81. The number of alkyl halides is 3. The molecule has 0 bridgehead atoms. The average Bonchev–Trinajstić information content (AvgIpc) is 2.93. The quantitative estimate of drug-likeness (QED) is 0.926. The van der Waals surface area contributed by atoms with Gasteiger partial charge in [0.25, 0.3) is 0 Å². The van der Waals surface area contributed by atoms with Crippen molar-refractivity contribution in [1.82, 2.24) is 0 Å². The minimum atomic E-state index is -4.39. The van der Waals surface area contributed by atoms with Crippen LogP contribution in [0.2, 0.25) is 0 Å². The van der Waals surface area contributed by atoms with Crippen molar-refractivity contribution in [2.45, 2.75) is 12.7 Å². The van der Waals surface area contributed by atoms with E-state index in [1.807, 2.05) is 0 Å². The minimum absolute atomic E-state index is 0.0431. The highest BCUT2D eigenvalue weighted by Crippen LogP contribution is 2.37. The molecule has 0 amide bonds. The molecule has 6 heteroatoms. The third kappa shape index (κ3) is 2.74. The predicted molar refractivity (Wildman–Crippen MR) is 71.3 cm³/mol. The number of ether oxygens (including phenoxy) is 2. The molecule has 0 unspecified atom stereocenters. The van der Waals surface area contributed by atoms with Crippen LogP contribution in [0.15, 0.2) is 42.5 Å². The average molecular weight is 295 g/mol. The van der Waals surface area contributed by atoms with Gasteiger partial charge in [0.05, 0.1) is 5.56 Å². The molecule has 3 rings (SSSR count). The van der Waals surface area contributed by atoms with E-state index in [1.54, 1.807) is 24.3 Å². The molecule has 0 spiro atoms. The number of para-hydroxylation sites is 2. The molecular formula is C15H12F3NO2. The predicted octanol–water partition coefficient (Wildman–Crippen LogP) is 4.05. The van der Waals surface area contributed by atoms with E-state index in [0.717, 1.165) is 11.6 Å². The number of anilines is 1.